The third-order valence-corrected chi connectivity index (χ3v) is 7.60. The highest BCUT2D eigenvalue weighted by atomic mass is 35.5. The van der Waals surface area contributed by atoms with Crippen molar-refractivity contribution in [2.45, 2.75) is 23.3 Å². The van der Waals surface area contributed by atoms with Crippen molar-refractivity contribution in [2.24, 2.45) is 0 Å². The minimum atomic E-state index is -3.79. The molecule has 1 saturated heterocycles. The van der Waals surface area contributed by atoms with Crippen LogP contribution in [0, 0.1) is 0 Å². The number of para-hydroxylation sites is 1. The van der Waals surface area contributed by atoms with Gasteiger partial charge >= 0.3 is 0 Å². The van der Waals surface area contributed by atoms with E-state index in [2.05, 4.69) is 0 Å². The van der Waals surface area contributed by atoms with Crippen molar-refractivity contribution in [2.75, 3.05) is 26.2 Å². The molecule has 0 aliphatic carbocycles. The topological polar surface area (TPSA) is 79.7 Å². The molecule has 0 N–H and O–H groups in total. The number of hydrogen-bond acceptors (Lipinski definition) is 4. The summed E-state index contributed by atoms with van der Waals surface area (Å²) in [5, 5.41) is 1.02. The number of sulfone groups is 1. The number of fused-ring (bicyclic) bond motifs is 1. The molecule has 9 heteroatoms. The number of nitrogens with zero attached hydrogens (tertiary/aromatic N) is 3. The second-order valence-corrected chi connectivity index (χ2v) is 9.84. The lowest BCUT2D eigenvalue weighted by atomic mass is 10.2. The minimum Gasteiger partial charge on any atom is -0.339 e. The van der Waals surface area contributed by atoms with E-state index >= 15 is 0 Å². The number of aromatic nitrogens is 1. The molecule has 1 aromatic heterocycles. The first kappa shape index (κ1) is 21.4. The average Bonchev–Trinajstić information content (AvgIpc) is 3.13. The van der Waals surface area contributed by atoms with E-state index in [9.17, 15) is 18.0 Å². The highest BCUT2D eigenvalue weighted by Gasteiger charge is 2.26. The lowest BCUT2D eigenvalue weighted by Crippen LogP contribution is -2.50. The lowest BCUT2D eigenvalue weighted by molar-refractivity contribution is -0.138. The van der Waals surface area contributed by atoms with Gasteiger partial charge in [0.2, 0.25) is 21.7 Å². The molecule has 0 atom stereocenters. The van der Waals surface area contributed by atoms with Crippen LogP contribution in [-0.4, -0.2) is 60.8 Å². The highest BCUT2D eigenvalue weighted by Crippen LogP contribution is 2.30. The van der Waals surface area contributed by atoms with Crippen molar-refractivity contribution < 1.29 is 18.0 Å². The van der Waals surface area contributed by atoms with Crippen molar-refractivity contribution in [3.63, 3.8) is 0 Å². The molecule has 1 aliphatic rings. The van der Waals surface area contributed by atoms with Crippen LogP contribution >= 0.6 is 11.6 Å². The number of amides is 2. The third-order valence-electron chi connectivity index (χ3n) is 5.55. The van der Waals surface area contributed by atoms with Crippen LogP contribution in [0.3, 0.4) is 0 Å². The van der Waals surface area contributed by atoms with Crippen LogP contribution in [0.25, 0.3) is 10.9 Å². The fourth-order valence-corrected chi connectivity index (χ4v) is 5.42. The number of rotatable bonds is 4. The maximum Gasteiger partial charge on any atom is 0.242 e. The van der Waals surface area contributed by atoms with E-state index < -0.39 is 9.84 Å². The molecule has 0 spiro atoms. The van der Waals surface area contributed by atoms with E-state index in [0.29, 0.717) is 42.1 Å². The molecule has 1 aliphatic heterocycles. The third kappa shape index (κ3) is 4.18. The zero-order valence-electron chi connectivity index (χ0n) is 17.0. The van der Waals surface area contributed by atoms with Crippen molar-refractivity contribution in [1.29, 1.82) is 0 Å². The number of carbonyl (C=O) groups excluding carboxylic acids is 2. The van der Waals surface area contributed by atoms with Gasteiger partial charge in [-0.2, -0.15) is 0 Å². The SMILES string of the molecule is CC(=O)N1CCN(C(=O)Cn2cc(S(=O)(=O)c3ccc(Cl)cc3)c3ccccc32)CC1. The molecule has 0 radical (unpaired) electrons. The van der Waals surface area contributed by atoms with Gasteiger partial charge in [0, 0.05) is 55.2 Å². The summed E-state index contributed by atoms with van der Waals surface area (Å²) in [6.07, 6.45) is 1.53. The molecule has 0 unspecified atom stereocenters. The second kappa shape index (κ2) is 8.36. The van der Waals surface area contributed by atoms with Crippen LogP contribution in [0.2, 0.25) is 5.02 Å². The molecular formula is C22H22ClN3O4S. The van der Waals surface area contributed by atoms with E-state index in [1.807, 2.05) is 6.07 Å². The van der Waals surface area contributed by atoms with Crippen LogP contribution in [0.15, 0.2) is 64.5 Å². The monoisotopic (exact) mass is 459 g/mol. The highest BCUT2D eigenvalue weighted by molar-refractivity contribution is 7.91. The Hall–Kier alpha value is -2.84. The molecule has 31 heavy (non-hydrogen) atoms. The quantitative estimate of drug-likeness (QED) is 0.601. The van der Waals surface area contributed by atoms with Crippen LogP contribution < -0.4 is 0 Å². The van der Waals surface area contributed by atoms with E-state index in [1.54, 1.807) is 32.6 Å². The molecule has 7 nitrogen and oxygen atoms in total. The van der Waals surface area contributed by atoms with Crippen LogP contribution in [0.1, 0.15) is 6.92 Å². The van der Waals surface area contributed by atoms with Gasteiger partial charge in [-0.3, -0.25) is 9.59 Å². The molecular weight excluding hydrogens is 438 g/mol. The summed E-state index contributed by atoms with van der Waals surface area (Å²) < 4.78 is 28.2. The Labute approximate surface area is 185 Å². The Kier molecular flexibility index (Phi) is 5.77. The number of piperazine rings is 1. The summed E-state index contributed by atoms with van der Waals surface area (Å²) in [4.78, 5) is 28.1. The first-order valence-corrected chi connectivity index (χ1v) is 11.8. The minimum absolute atomic E-state index is 0.000510. The summed E-state index contributed by atoms with van der Waals surface area (Å²) in [7, 11) is -3.79. The maximum atomic E-state index is 13.3. The first-order chi connectivity index (χ1) is 14.8. The summed E-state index contributed by atoms with van der Waals surface area (Å²) in [5.74, 6) is -0.111. The Bertz CT molecular complexity index is 1240. The van der Waals surface area contributed by atoms with Gasteiger partial charge in [-0.1, -0.05) is 29.8 Å². The first-order valence-electron chi connectivity index (χ1n) is 9.89. The van der Waals surface area contributed by atoms with Crippen molar-refractivity contribution in [3.8, 4) is 0 Å². The number of hydrogen-bond donors (Lipinski definition) is 0. The van der Waals surface area contributed by atoms with Gasteiger partial charge in [0.15, 0.2) is 0 Å². The number of benzene rings is 2. The zero-order chi connectivity index (χ0) is 22.2. The molecule has 2 aromatic carbocycles. The predicted octanol–water partition coefficient (Wildman–Crippen LogP) is 2.82. The standard InChI is InChI=1S/C22H22ClN3O4S/c1-16(27)24-10-12-25(13-11-24)22(28)15-26-14-21(19-4-2-3-5-20(19)26)31(29,30)18-8-6-17(23)7-9-18/h2-9,14H,10-13,15H2,1H3. The van der Waals surface area contributed by atoms with Crippen molar-refractivity contribution in [1.82, 2.24) is 14.4 Å². The van der Waals surface area contributed by atoms with Gasteiger partial charge < -0.3 is 14.4 Å². The van der Waals surface area contributed by atoms with Crippen LogP contribution in [0.4, 0.5) is 0 Å². The number of halogens is 1. The molecule has 4 rings (SSSR count). The van der Waals surface area contributed by atoms with Gasteiger partial charge in [-0.05, 0) is 30.3 Å². The molecule has 0 saturated carbocycles. The van der Waals surface area contributed by atoms with Crippen molar-refractivity contribution >= 4 is 44.2 Å². The number of carbonyl (C=O) groups is 2. The van der Waals surface area contributed by atoms with E-state index in [-0.39, 0.29) is 28.2 Å². The molecule has 2 amide bonds. The Morgan fingerprint density at radius 1 is 0.935 bits per heavy atom. The largest absolute Gasteiger partial charge is 0.339 e. The zero-order valence-corrected chi connectivity index (χ0v) is 18.6. The fourth-order valence-electron chi connectivity index (χ4n) is 3.82. The lowest BCUT2D eigenvalue weighted by Gasteiger charge is -2.34. The van der Waals surface area contributed by atoms with Gasteiger partial charge in [-0.25, -0.2) is 8.42 Å². The van der Waals surface area contributed by atoms with Crippen molar-refractivity contribution in [3.05, 3.63) is 59.8 Å². The fraction of sp³-hybridized carbons (Fsp3) is 0.273. The van der Waals surface area contributed by atoms with Gasteiger partial charge in [0.1, 0.15) is 6.54 Å². The predicted molar refractivity (Wildman–Crippen MR) is 118 cm³/mol. The summed E-state index contributed by atoms with van der Waals surface area (Å²) >= 11 is 5.90. The van der Waals surface area contributed by atoms with Crippen LogP contribution in [0.5, 0.6) is 0 Å². The maximum absolute atomic E-state index is 13.3. The Morgan fingerprint density at radius 2 is 1.55 bits per heavy atom. The summed E-state index contributed by atoms with van der Waals surface area (Å²) in [5.41, 5.74) is 0.672. The van der Waals surface area contributed by atoms with Gasteiger partial charge in [-0.15, -0.1) is 0 Å². The van der Waals surface area contributed by atoms with Crippen LogP contribution in [-0.2, 0) is 26.0 Å². The van der Waals surface area contributed by atoms with E-state index in [1.165, 1.54) is 37.4 Å². The smallest absolute Gasteiger partial charge is 0.242 e. The van der Waals surface area contributed by atoms with Gasteiger partial charge in [0.05, 0.1) is 9.79 Å². The molecule has 162 valence electrons. The van der Waals surface area contributed by atoms with Gasteiger partial charge in [0.25, 0.3) is 0 Å². The molecule has 2 heterocycles. The second-order valence-electron chi connectivity index (χ2n) is 7.48. The molecule has 3 aromatic rings. The Balaban J connectivity index is 1.64. The average molecular weight is 460 g/mol. The summed E-state index contributed by atoms with van der Waals surface area (Å²) in [6.45, 7) is 3.48. The summed E-state index contributed by atoms with van der Waals surface area (Å²) in [6, 6.07) is 13.2. The van der Waals surface area contributed by atoms with E-state index in [4.69, 9.17) is 11.6 Å². The normalized spacial score (nSPS) is 14.8. The molecule has 0 bridgehead atoms. The molecule has 1 fully saturated rings. The Morgan fingerprint density at radius 3 is 2.19 bits per heavy atom. The van der Waals surface area contributed by atoms with E-state index in [0.717, 1.165) is 0 Å².